The molecule has 0 unspecified atom stereocenters. The lowest BCUT2D eigenvalue weighted by Gasteiger charge is -2.08. The van der Waals surface area contributed by atoms with Crippen LogP contribution in [0.25, 0.3) is 5.70 Å². The molecule has 0 atom stereocenters. The van der Waals surface area contributed by atoms with Gasteiger partial charge in [-0.15, -0.1) is 0 Å². The number of halogens is 2. The van der Waals surface area contributed by atoms with Crippen molar-refractivity contribution < 1.29 is 9.63 Å². The summed E-state index contributed by atoms with van der Waals surface area (Å²) in [6, 6.07) is 5.25. The number of benzene rings is 1. The highest BCUT2D eigenvalue weighted by atomic mass is 35.5. The molecule has 8 heteroatoms. The van der Waals surface area contributed by atoms with E-state index in [-0.39, 0.29) is 12.3 Å². The number of carbonyl (C=O) groups is 1. The summed E-state index contributed by atoms with van der Waals surface area (Å²) in [6.07, 6.45) is 3.31. The molecule has 0 aliphatic carbocycles. The van der Waals surface area contributed by atoms with Crippen LogP contribution in [-0.2, 0) is 9.63 Å². The van der Waals surface area contributed by atoms with E-state index in [0.29, 0.717) is 28.2 Å². The summed E-state index contributed by atoms with van der Waals surface area (Å²) >= 11 is 12.0. The van der Waals surface area contributed by atoms with Gasteiger partial charge in [-0.1, -0.05) is 29.3 Å². The Kier molecular flexibility index (Phi) is 4.99. The fourth-order valence-corrected chi connectivity index (χ4v) is 2.55. The van der Waals surface area contributed by atoms with Crippen molar-refractivity contribution in [3.8, 4) is 0 Å². The van der Waals surface area contributed by atoms with E-state index < -0.39 is 0 Å². The third-order valence-corrected chi connectivity index (χ3v) is 4.16. The third kappa shape index (κ3) is 3.84. The summed E-state index contributed by atoms with van der Waals surface area (Å²) in [5.74, 6) is 0.466. The molecule has 1 aliphatic heterocycles. The van der Waals surface area contributed by atoms with Crippen LogP contribution in [0.3, 0.4) is 0 Å². The average molecular weight is 365 g/mol. The number of aromatic nitrogens is 2. The Bertz CT molecular complexity index is 806. The van der Waals surface area contributed by atoms with E-state index in [4.69, 9.17) is 28.0 Å². The van der Waals surface area contributed by atoms with E-state index in [9.17, 15) is 4.79 Å². The van der Waals surface area contributed by atoms with E-state index >= 15 is 0 Å². The Hall–Kier alpha value is -2.15. The van der Waals surface area contributed by atoms with E-state index in [1.807, 2.05) is 6.07 Å². The number of hydrogen-bond acceptors (Lipinski definition) is 5. The fourth-order valence-electron chi connectivity index (χ4n) is 2.25. The molecule has 1 amide bonds. The van der Waals surface area contributed by atoms with Crippen LogP contribution in [0.15, 0.2) is 36.2 Å². The number of amides is 1. The molecular formula is C16H14Cl2N4O2. The maximum Gasteiger partial charge on any atom is 0.228 e. The van der Waals surface area contributed by atoms with Gasteiger partial charge < -0.3 is 5.32 Å². The summed E-state index contributed by atoms with van der Waals surface area (Å²) in [5.41, 5.74) is 5.72. The summed E-state index contributed by atoms with van der Waals surface area (Å²) in [7, 11) is 0. The van der Waals surface area contributed by atoms with Gasteiger partial charge in [0.2, 0.25) is 5.91 Å². The first kappa shape index (κ1) is 16.7. The minimum absolute atomic E-state index is 0.177. The van der Waals surface area contributed by atoms with Crippen LogP contribution < -0.4 is 10.8 Å². The maximum atomic E-state index is 12.2. The molecule has 0 fully saturated rings. The molecule has 24 heavy (non-hydrogen) atoms. The van der Waals surface area contributed by atoms with Crippen molar-refractivity contribution in [2.75, 3.05) is 11.9 Å². The van der Waals surface area contributed by atoms with Crippen LogP contribution in [0.4, 0.5) is 5.69 Å². The second-order valence-electron chi connectivity index (χ2n) is 5.24. The van der Waals surface area contributed by atoms with Crippen molar-refractivity contribution >= 4 is 40.5 Å². The SMILES string of the molecule is Cc1ncc(NC(=O)CC2=C(c3ccc(Cl)c(Cl)c3)NOC2)cn1. The molecule has 2 heterocycles. The number of nitrogens with one attached hydrogen (secondary N) is 2. The molecule has 1 aromatic carbocycles. The van der Waals surface area contributed by atoms with Gasteiger partial charge in [0.15, 0.2) is 0 Å². The van der Waals surface area contributed by atoms with Crippen LogP contribution in [0.2, 0.25) is 10.0 Å². The maximum absolute atomic E-state index is 12.2. The number of rotatable bonds is 4. The molecule has 6 nitrogen and oxygen atoms in total. The Morgan fingerprint density at radius 3 is 2.75 bits per heavy atom. The summed E-state index contributed by atoms with van der Waals surface area (Å²) in [5, 5.41) is 3.67. The van der Waals surface area contributed by atoms with Crippen molar-refractivity contribution in [3.05, 3.63) is 57.6 Å². The topological polar surface area (TPSA) is 76.1 Å². The van der Waals surface area contributed by atoms with Crippen LogP contribution in [0.5, 0.6) is 0 Å². The first-order chi connectivity index (χ1) is 11.5. The van der Waals surface area contributed by atoms with Gasteiger partial charge in [0.1, 0.15) is 5.82 Å². The number of carbonyl (C=O) groups excluding carboxylic acids is 1. The molecule has 0 saturated carbocycles. The summed E-state index contributed by atoms with van der Waals surface area (Å²) in [4.78, 5) is 25.6. The van der Waals surface area contributed by atoms with Gasteiger partial charge in [-0.25, -0.2) is 9.97 Å². The first-order valence-electron chi connectivity index (χ1n) is 7.16. The molecule has 3 rings (SSSR count). The van der Waals surface area contributed by atoms with Gasteiger partial charge in [-0.2, -0.15) is 0 Å². The van der Waals surface area contributed by atoms with E-state index in [1.165, 1.54) is 0 Å². The molecule has 2 aromatic rings. The molecule has 124 valence electrons. The number of nitrogens with zero attached hydrogens (tertiary/aromatic N) is 2. The van der Waals surface area contributed by atoms with Crippen LogP contribution in [0, 0.1) is 6.92 Å². The smallest absolute Gasteiger partial charge is 0.228 e. The van der Waals surface area contributed by atoms with Crippen molar-refractivity contribution in [1.82, 2.24) is 15.4 Å². The number of anilines is 1. The normalized spacial score (nSPS) is 13.8. The quantitative estimate of drug-likeness (QED) is 0.869. The number of aryl methyl sites for hydroxylation is 1. The minimum atomic E-state index is -0.178. The highest BCUT2D eigenvalue weighted by Crippen LogP contribution is 2.29. The zero-order valence-corrected chi connectivity index (χ0v) is 14.3. The lowest BCUT2D eigenvalue weighted by molar-refractivity contribution is -0.115. The standard InChI is InChI=1S/C16H14Cl2N4O2/c1-9-19-6-12(7-20-9)21-15(23)5-11-8-24-22-16(11)10-2-3-13(17)14(18)4-10/h2-4,6-7,22H,5,8H2,1H3,(H,21,23). The molecule has 0 spiro atoms. The molecular weight excluding hydrogens is 351 g/mol. The Labute approximate surface area is 148 Å². The van der Waals surface area contributed by atoms with E-state index in [2.05, 4.69) is 20.8 Å². The third-order valence-electron chi connectivity index (χ3n) is 3.42. The van der Waals surface area contributed by atoms with Crippen LogP contribution in [-0.4, -0.2) is 22.5 Å². The average Bonchev–Trinajstić information content (AvgIpc) is 3.00. The van der Waals surface area contributed by atoms with Gasteiger partial charge in [0.05, 0.1) is 46.9 Å². The van der Waals surface area contributed by atoms with Crippen LogP contribution in [0.1, 0.15) is 17.8 Å². The molecule has 0 radical (unpaired) electrons. The van der Waals surface area contributed by atoms with E-state index in [0.717, 1.165) is 16.8 Å². The van der Waals surface area contributed by atoms with Gasteiger partial charge in [0, 0.05) is 5.56 Å². The predicted molar refractivity (Wildman–Crippen MR) is 92.5 cm³/mol. The van der Waals surface area contributed by atoms with Gasteiger partial charge in [0.25, 0.3) is 0 Å². The molecule has 1 aliphatic rings. The lowest BCUT2D eigenvalue weighted by Crippen LogP contribution is -2.13. The fraction of sp³-hybridized carbons (Fsp3) is 0.188. The zero-order chi connectivity index (χ0) is 17.1. The van der Waals surface area contributed by atoms with Crippen molar-refractivity contribution in [1.29, 1.82) is 0 Å². The monoisotopic (exact) mass is 364 g/mol. The molecule has 2 N–H and O–H groups in total. The lowest BCUT2D eigenvalue weighted by atomic mass is 10.1. The Morgan fingerprint density at radius 1 is 1.29 bits per heavy atom. The molecule has 0 bridgehead atoms. The van der Waals surface area contributed by atoms with Crippen LogP contribution >= 0.6 is 23.2 Å². The highest BCUT2D eigenvalue weighted by molar-refractivity contribution is 6.42. The number of hydrogen-bond donors (Lipinski definition) is 2. The van der Waals surface area contributed by atoms with Gasteiger partial charge in [-0.3, -0.25) is 15.1 Å². The minimum Gasteiger partial charge on any atom is -0.323 e. The van der Waals surface area contributed by atoms with Gasteiger partial charge >= 0.3 is 0 Å². The molecule has 1 aromatic heterocycles. The first-order valence-corrected chi connectivity index (χ1v) is 7.92. The van der Waals surface area contributed by atoms with Crippen molar-refractivity contribution in [3.63, 3.8) is 0 Å². The largest absolute Gasteiger partial charge is 0.323 e. The Balaban J connectivity index is 1.75. The zero-order valence-electron chi connectivity index (χ0n) is 12.8. The van der Waals surface area contributed by atoms with Crippen molar-refractivity contribution in [2.24, 2.45) is 0 Å². The number of hydroxylamine groups is 1. The second kappa shape index (κ2) is 7.17. The summed E-state index contributed by atoms with van der Waals surface area (Å²) in [6.45, 7) is 2.09. The predicted octanol–water partition coefficient (Wildman–Crippen LogP) is 3.37. The summed E-state index contributed by atoms with van der Waals surface area (Å²) < 4.78 is 0. The second-order valence-corrected chi connectivity index (χ2v) is 6.06. The Morgan fingerprint density at radius 2 is 2.04 bits per heavy atom. The highest BCUT2D eigenvalue weighted by Gasteiger charge is 2.20. The van der Waals surface area contributed by atoms with Crippen molar-refractivity contribution in [2.45, 2.75) is 13.3 Å². The van der Waals surface area contributed by atoms with E-state index in [1.54, 1.807) is 31.5 Å². The molecule has 0 saturated heterocycles. The van der Waals surface area contributed by atoms with Gasteiger partial charge in [-0.05, 0) is 24.6 Å².